The van der Waals surface area contributed by atoms with Gasteiger partial charge in [-0.25, -0.2) is 0 Å². The highest BCUT2D eigenvalue weighted by Crippen LogP contribution is 2.32. The summed E-state index contributed by atoms with van der Waals surface area (Å²) in [4.78, 5) is 10.9. The van der Waals surface area contributed by atoms with E-state index in [1.807, 2.05) is 0 Å². The summed E-state index contributed by atoms with van der Waals surface area (Å²) < 4.78 is 5.97. The second-order valence-electron chi connectivity index (χ2n) is 6.45. The Hall–Kier alpha value is -0.630. The Balaban J connectivity index is 2.34. The molecule has 0 saturated carbocycles. The fourth-order valence-corrected chi connectivity index (χ4v) is 2.17. The molecule has 1 aliphatic heterocycles. The third-order valence-corrected chi connectivity index (χ3v) is 3.28. The molecule has 17 heavy (non-hydrogen) atoms. The summed E-state index contributed by atoms with van der Waals surface area (Å²) in [6.45, 7) is 12.5. The zero-order valence-corrected chi connectivity index (χ0v) is 11.7. The summed E-state index contributed by atoms with van der Waals surface area (Å²) in [6, 6.07) is 0. The summed E-state index contributed by atoms with van der Waals surface area (Å²) in [5.74, 6) is 0.248. The summed E-state index contributed by atoms with van der Waals surface area (Å²) in [7, 11) is 0. The molecule has 0 aromatic carbocycles. The van der Waals surface area contributed by atoms with Crippen molar-refractivity contribution in [2.24, 2.45) is 5.41 Å². The number of hydrogen-bond acceptors (Lipinski definition) is 2. The molecule has 0 N–H and O–H groups in total. The molecule has 1 aliphatic rings. The monoisotopic (exact) mass is 238 g/mol. The lowest BCUT2D eigenvalue weighted by atomic mass is 9.88. The molecule has 0 spiro atoms. The van der Waals surface area contributed by atoms with Gasteiger partial charge >= 0.3 is 0 Å². The molecule has 1 saturated heterocycles. The maximum Gasteiger partial charge on any atom is 0.129 e. The number of Topliss-reactive ketones (excluding diaryl/α,β-unsaturated/α-hetero) is 1. The molecule has 1 unspecified atom stereocenters. The predicted molar refractivity (Wildman–Crippen MR) is 71.0 cm³/mol. The van der Waals surface area contributed by atoms with Crippen molar-refractivity contribution in [3.8, 4) is 0 Å². The molecule has 0 aromatic rings. The first kappa shape index (κ1) is 14.4. The smallest absolute Gasteiger partial charge is 0.129 e. The Bertz CT molecular complexity index is 286. The van der Waals surface area contributed by atoms with Crippen molar-refractivity contribution in [2.75, 3.05) is 0 Å². The van der Waals surface area contributed by atoms with Gasteiger partial charge in [0, 0.05) is 6.42 Å². The van der Waals surface area contributed by atoms with E-state index in [1.54, 1.807) is 6.92 Å². The highest BCUT2D eigenvalue weighted by Gasteiger charge is 2.29. The van der Waals surface area contributed by atoms with Crippen LogP contribution < -0.4 is 0 Å². The van der Waals surface area contributed by atoms with Crippen LogP contribution in [0.4, 0.5) is 0 Å². The number of hydrogen-bond donors (Lipinski definition) is 0. The van der Waals surface area contributed by atoms with Gasteiger partial charge in [0.25, 0.3) is 0 Å². The molecule has 2 atom stereocenters. The molecular weight excluding hydrogens is 212 g/mol. The van der Waals surface area contributed by atoms with Crippen LogP contribution in [0.5, 0.6) is 0 Å². The fraction of sp³-hybridized carbons (Fsp3) is 0.800. The third kappa shape index (κ3) is 5.49. The van der Waals surface area contributed by atoms with Gasteiger partial charge in [0.1, 0.15) is 5.78 Å². The van der Waals surface area contributed by atoms with Crippen LogP contribution in [0.1, 0.15) is 59.8 Å². The van der Waals surface area contributed by atoms with E-state index in [-0.39, 0.29) is 18.0 Å². The molecule has 0 bridgehead atoms. The van der Waals surface area contributed by atoms with Gasteiger partial charge in [-0.3, -0.25) is 0 Å². The molecule has 0 aliphatic carbocycles. The van der Waals surface area contributed by atoms with Gasteiger partial charge in [0.05, 0.1) is 12.2 Å². The summed E-state index contributed by atoms with van der Waals surface area (Å²) in [5.41, 5.74) is 1.56. The first-order valence-electron chi connectivity index (χ1n) is 6.60. The van der Waals surface area contributed by atoms with E-state index in [0.717, 1.165) is 25.7 Å². The van der Waals surface area contributed by atoms with E-state index >= 15 is 0 Å². The standard InChI is InChI=1S/C15H26O2/c1-11-10-13(7-6-12(2)16)17-14(11)8-9-15(3,4)5/h13-14H,1,6-10H2,2-5H3/t13-,14?/m0/s1. The molecule has 0 aromatic heterocycles. The number of carbonyl (C=O) groups is 1. The van der Waals surface area contributed by atoms with Crippen molar-refractivity contribution in [3.05, 3.63) is 12.2 Å². The number of ketones is 1. The lowest BCUT2D eigenvalue weighted by molar-refractivity contribution is -0.117. The maximum absolute atomic E-state index is 10.9. The lowest BCUT2D eigenvalue weighted by Gasteiger charge is -2.21. The Morgan fingerprint density at radius 3 is 2.59 bits per heavy atom. The van der Waals surface area contributed by atoms with Gasteiger partial charge in [-0.1, -0.05) is 27.4 Å². The Labute approximate surface area is 105 Å². The SMILES string of the molecule is C=C1C[C@H](CCC(C)=O)OC1CCC(C)(C)C. The summed E-state index contributed by atoms with van der Waals surface area (Å²) >= 11 is 0. The van der Waals surface area contributed by atoms with Crippen molar-refractivity contribution < 1.29 is 9.53 Å². The Morgan fingerprint density at radius 1 is 1.41 bits per heavy atom. The minimum Gasteiger partial charge on any atom is -0.370 e. The molecule has 1 heterocycles. The highest BCUT2D eigenvalue weighted by atomic mass is 16.5. The van der Waals surface area contributed by atoms with Crippen LogP contribution in [0.2, 0.25) is 0 Å². The van der Waals surface area contributed by atoms with Crippen molar-refractivity contribution in [2.45, 2.75) is 72.0 Å². The first-order valence-corrected chi connectivity index (χ1v) is 6.60. The highest BCUT2D eigenvalue weighted by molar-refractivity contribution is 5.75. The van der Waals surface area contributed by atoms with Crippen LogP contribution in [0, 0.1) is 5.41 Å². The van der Waals surface area contributed by atoms with E-state index in [4.69, 9.17) is 4.74 Å². The van der Waals surface area contributed by atoms with E-state index in [2.05, 4.69) is 27.4 Å². The fourth-order valence-electron chi connectivity index (χ4n) is 2.17. The average molecular weight is 238 g/mol. The molecule has 2 nitrogen and oxygen atoms in total. The van der Waals surface area contributed by atoms with Gasteiger partial charge < -0.3 is 9.53 Å². The van der Waals surface area contributed by atoms with Crippen LogP contribution in [0.3, 0.4) is 0 Å². The second-order valence-corrected chi connectivity index (χ2v) is 6.45. The second kappa shape index (κ2) is 5.81. The van der Waals surface area contributed by atoms with Crippen molar-refractivity contribution in [1.82, 2.24) is 0 Å². The molecule has 1 fully saturated rings. The average Bonchev–Trinajstić information content (AvgIpc) is 2.52. The Kier molecular flexibility index (Phi) is 4.93. The third-order valence-electron chi connectivity index (χ3n) is 3.28. The van der Waals surface area contributed by atoms with Crippen molar-refractivity contribution in [3.63, 3.8) is 0 Å². The molecule has 98 valence electrons. The van der Waals surface area contributed by atoms with Crippen LogP contribution >= 0.6 is 0 Å². The number of carbonyl (C=O) groups excluding carboxylic acids is 1. The van der Waals surface area contributed by atoms with Crippen LogP contribution in [0.15, 0.2) is 12.2 Å². The number of ether oxygens (including phenoxy) is 1. The van der Waals surface area contributed by atoms with Crippen LogP contribution in [-0.4, -0.2) is 18.0 Å². The topological polar surface area (TPSA) is 26.3 Å². The zero-order chi connectivity index (χ0) is 13.1. The minimum absolute atomic E-state index is 0.214. The molecule has 0 radical (unpaired) electrons. The lowest BCUT2D eigenvalue weighted by Crippen LogP contribution is -2.15. The zero-order valence-electron chi connectivity index (χ0n) is 11.7. The predicted octanol–water partition coefficient (Wildman–Crippen LogP) is 3.90. The largest absolute Gasteiger partial charge is 0.370 e. The van der Waals surface area contributed by atoms with Gasteiger partial charge in [-0.2, -0.15) is 0 Å². The van der Waals surface area contributed by atoms with Crippen LogP contribution in [0.25, 0.3) is 0 Å². The molecular formula is C15H26O2. The number of rotatable bonds is 5. The van der Waals surface area contributed by atoms with Crippen molar-refractivity contribution in [1.29, 1.82) is 0 Å². The first-order chi connectivity index (χ1) is 7.78. The molecule has 0 amide bonds. The Morgan fingerprint density at radius 2 is 2.06 bits per heavy atom. The van der Waals surface area contributed by atoms with Gasteiger partial charge in [-0.05, 0) is 43.6 Å². The van der Waals surface area contributed by atoms with E-state index < -0.39 is 0 Å². The molecule has 1 rings (SSSR count). The summed E-state index contributed by atoms with van der Waals surface area (Å²) in [5, 5.41) is 0. The van der Waals surface area contributed by atoms with E-state index in [0.29, 0.717) is 11.8 Å². The molecule has 2 heteroatoms. The maximum atomic E-state index is 10.9. The van der Waals surface area contributed by atoms with Gasteiger partial charge in [0.2, 0.25) is 0 Å². The quantitative estimate of drug-likeness (QED) is 0.679. The van der Waals surface area contributed by atoms with Gasteiger partial charge in [-0.15, -0.1) is 0 Å². The van der Waals surface area contributed by atoms with Crippen molar-refractivity contribution >= 4 is 5.78 Å². The van der Waals surface area contributed by atoms with Gasteiger partial charge in [0.15, 0.2) is 0 Å². The summed E-state index contributed by atoms with van der Waals surface area (Å²) in [6.07, 6.45) is 5.05. The normalized spacial score (nSPS) is 25.3. The van der Waals surface area contributed by atoms with Crippen LogP contribution in [-0.2, 0) is 9.53 Å². The minimum atomic E-state index is 0.214. The van der Waals surface area contributed by atoms with E-state index in [9.17, 15) is 4.79 Å². The van der Waals surface area contributed by atoms with E-state index in [1.165, 1.54) is 5.57 Å².